The van der Waals surface area contributed by atoms with E-state index in [1.165, 1.54) is 10.8 Å². The Balaban J connectivity index is 1.25. The number of benzene rings is 8. The van der Waals surface area contributed by atoms with Crippen LogP contribution in [-0.4, -0.2) is 24.1 Å². The van der Waals surface area contributed by atoms with Gasteiger partial charge in [0.2, 0.25) is 0 Å². The molecule has 3 heterocycles. The number of fused-ring (bicyclic) bond motifs is 6. The van der Waals surface area contributed by atoms with Crippen molar-refractivity contribution in [2.24, 2.45) is 0 Å². The smallest absolute Gasteiger partial charge is 0.164 e. The molecular formula is C52H32N6. The fraction of sp³-hybridized carbons (Fsp3) is 0. The van der Waals surface area contributed by atoms with E-state index in [0.717, 1.165) is 72.0 Å². The van der Waals surface area contributed by atoms with Crippen LogP contribution in [0.4, 0.5) is 0 Å². The van der Waals surface area contributed by atoms with E-state index in [9.17, 15) is 5.26 Å². The molecule has 0 fully saturated rings. The molecular weight excluding hydrogens is 709 g/mol. The molecule has 0 aliphatic heterocycles. The molecule has 0 atom stereocenters. The van der Waals surface area contributed by atoms with Crippen molar-refractivity contribution >= 4 is 43.6 Å². The third-order valence-electron chi connectivity index (χ3n) is 11.0. The lowest BCUT2D eigenvalue weighted by molar-refractivity contribution is 1.07. The SMILES string of the molecule is N#Cc1cccc(-c2cc(-c3nc(-c4ccccc4)nc(-c4ccccc4)n3)ccc2-n2c3ccccc3c3ccccc32)c1-n1c2ccccc2c2ccccc21. The van der Waals surface area contributed by atoms with Gasteiger partial charge in [-0.25, -0.2) is 15.0 Å². The zero-order chi connectivity index (χ0) is 38.6. The Hall–Kier alpha value is -8.14. The number of hydrogen-bond acceptors (Lipinski definition) is 4. The fourth-order valence-electron chi connectivity index (χ4n) is 8.46. The Morgan fingerprint density at radius 1 is 0.362 bits per heavy atom. The van der Waals surface area contributed by atoms with Crippen LogP contribution in [0.15, 0.2) is 194 Å². The summed E-state index contributed by atoms with van der Waals surface area (Å²) in [5, 5.41) is 15.5. The fourth-order valence-corrected chi connectivity index (χ4v) is 8.46. The highest BCUT2D eigenvalue weighted by Gasteiger charge is 2.23. The summed E-state index contributed by atoms with van der Waals surface area (Å²) in [6.07, 6.45) is 0. The zero-order valence-electron chi connectivity index (χ0n) is 31.2. The summed E-state index contributed by atoms with van der Waals surface area (Å²) >= 11 is 0. The van der Waals surface area contributed by atoms with Crippen molar-refractivity contribution in [3.8, 4) is 62.7 Å². The van der Waals surface area contributed by atoms with Gasteiger partial charge in [-0.1, -0.05) is 146 Å². The van der Waals surface area contributed by atoms with Gasteiger partial charge in [0.05, 0.1) is 39.0 Å². The minimum absolute atomic E-state index is 0.553. The summed E-state index contributed by atoms with van der Waals surface area (Å²) < 4.78 is 4.60. The maximum atomic E-state index is 10.9. The second-order valence-corrected chi connectivity index (χ2v) is 14.3. The molecule has 0 unspecified atom stereocenters. The van der Waals surface area contributed by atoms with Gasteiger partial charge in [-0.15, -0.1) is 0 Å². The van der Waals surface area contributed by atoms with Crippen molar-refractivity contribution in [1.29, 1.82) is 5.26 Å². The Kier molecular flexibility index (Phi) is 7.76. The number of aromatic nitrogens is 5. The first-order valence-electron chi connectivity index (χ1n) is 19.3. The number of nitriles is 1. The van der Waals surface area contributed by atoms with Crippen molar-refractivity contribution in [3.05, 3.63) is 200 Å². The molecule has 270 valence electrons. The molecule has 0 spiro atoms. The Bertz CT molecular complexity index is 3240. The Labute approximate surface area is 334 Å². The normalized spacial score (nSPS) is 11.4. The molecule has 0 amide bonds. The van der Waals surface area contributed by atoms with Gasteiger partial charge in [-0.05, 0) is 48.5 Å². The third-order valence-corrected chi connectivity index (χ3v) is 11.0. The van der Waals surface area contributed by atoms with Crippen molar-refractivity contribution in [2.45, 2.75) is 0 Å². The molecule has 0 aliphatic carbocycles. The van der Waals surface area contributed by atoms with E-state index in [2.05, 4.69) is 137 Å². The van der Waals surface area contributed by atoms with E-state index in [1.807, 2.05) is 72.8 Å². The van der Waals surface area contributed by atoms with Crippen molar-refractivity contribution < 1.29 is 0 Å². The second kappa shape index (κ2) is 13.6. The number of hydrogen-bond donors (Lipinski definition) is 0. The van der Waals surface area contributed by atoms with Gasteiger partial charge in [0, 0.05) is 49.4 Å². The van der Waals surface area contributed by atoms with Gasteiger partial charge in [-0.2, -0.15) is 5.26 Å². The molecule has 0 radical (unpaired) electrons. The standard InChI is InChI=1S/C52H32N6/c53-33-37-20-15-25-42(49(37)58-46-28-13-9-23-40(46)41-24-10-14-29-47(41)58)43-32-36(30-31-48(43)57-44-26-11-7-21-38(44)39-22-8-12-27-45(39)57)52-55-50(34-16-3-1-4-17-34)54-51(56-52)35-18-5-2-6-19-35/h1-32H. The van der Waals surface area contributed by atoms with Crippen molar-refractivity contribution in [2.75, 3.05) is 0 Å². The first-order valence-corrected chi connectivity index (χ1v) is 19.3. The summed E-state index contributed by atoms with van der Waals surface area (Å²) in [5.74, 6) is 1.74. The highest BCUT2D eigenvalue weighted by Crippen LogP contribution is 2.43. The lowest BCUT2D eigenvalue weighted by Crippen LogP contribution is -2.05. The van der Waals surface area contributed by atoms with Gasteiger partial charge >= 0.3 is 0 Å². The van der Waals surface area contributed by atoms with Crippen LogP contribution in [0, 0.1) is 11.3 Å². The van der Waals surface area contributed by atoms with Gasteiger partial charge in [0.25, 0.3) is 0 Å². The molecule has 6 nitrogen and oxygen atoms in total. The molecule has 6 heteroatoms. The maximum absolute atomic E-state index is 10.9. The molecule has 11 aromatic rings. The van der Waals surface area contributed by atoms with Gasteiger partial charge in [0.15, 0.2) is 17.5 Å². The molecule has 8 aromatic carbocycles. The van der Waals surface area contributed by atoms with Gasteiger partial charge in [-0.3, -0.25) is 0 Å². The molecule has 0 saturated heterocycles. The largest absolute Gasteiger partial charge is 0.309 e. The number of nitrogens with zero attached hydrogens (tertiary/aromatic N) is 6. The lowest BCUT2D eigenvalue weighted by Gasteiger charge is -2.20. The first kappa shape index (κ1) is 33.2. The summed E-state index contributed by atoms with van der Waals surface area (Å²) in [7, 11) is 0. The van der Waals surface area contributed by atoms with Crippen LogP contribution in [0.2, 0.25) is 0 Å². The van der Waals surface area contributed by atoms with E-state index in [0.29, 0.717) is 23.0 Å². The van der Waals surface area contributed by atoms with E-state index < -0.39 is 0 Å². The molecule has 11 rings (SSSR count). The summed E-state index contributed by atoms with van der Waals surface area (Å²) in [6, 6.07) is 69.1. The average molecular weight is 741 g/mol. The van der Waals surface area contributed by atoms with Gasteiger partial charge < -0.3 is 9.13 Å². The summed E-state index contributed by atoms with van der Waals surface area (Å²) in [6.45, 7) is 0. The lowest BCUT2D eigenvalue weighted by atomic mass is 9.95. The quantitative estimate of drug-likeness (QED) is 0.170. The molecule has 58 heavy (non-hydrogen) atoms. The number of rotatable bonds is 6. The van der Waals surface area contributed by atoms with Crippen LogP contribution in [-0.2, 0) is 0 Å². The minimum Gasteiger partial charge on any atom is -0.309 e. The number of para-hydroxylation sites is 5. The molecule has 0 aliphatic rings. The Morgan fingerprint density at radius 2 is 0.793 bits per heavy atom. The van der Waals surface area contributed by atoms with E-state index in [4.69, 9.17) is 15.0 Å². The Morgan fingerprint density at radius 3 is 1.28 bits per heavy atom. The molecule has 0 N–H and O–H groups in total. The van der Waals surface area contributed by atoms with Crippen molar-refractivity contribution in [1.82, 2.24) is 24.1 Å². The molecule has 0 bridgehead atoms. The topological polar surface area (TPSA) is 72.3 Å². The second-order valence-electron chi connectivity index (χ2n) is 14.3. The zero-order valence-corrected chi connectivity index (χ0v) is 31.2. The first-order chi connectivity index (χ1) is 28.7. The predicted octanol–water partition coefficient (Wildman–Crippen LogP) is 12.6. The van der Waals surface area contributed by atoms with Crippen LogP contribution in [0.3, 0.4) is 0 Å². The average Bonchev–Trinajstić information content (AvgIpc) is 3.82. The summed E-state index contributed by atoms with van der Waals surface area (Å²) in [5.41, 5.74) is 11.1. The van der Waals surface area contributed by atoms with Crippen LogP contribution in [0.1, 0.15) is 5.56 Å². The molecule has 0 saturated carbocycles. The van der Waals surface area contributed by atoms with Crippen LogP contribution >= 0.6 is 0 Å². The highest BCUT2D eigenvalue weighted by atomic mass is 15.0. The van der Waals surface area contributed by atoms with Crippen molar-refractivity contribution in [3.63, 3.8) is 0 Å². The minimum atomic E-state index is 0.553. The maximum Gasteiger partial charge on any atom is 0.164 e. The van der Waals surface area contributed by atoms with E-state index in [-0.39, 0.29) is 0 Å². The molecule has 3 aromatic heterocycles. The monoisotopic (exact) mass is 740 g/mol. The third kappa shape index (κ3) is 5.30. The van der Waals surface area contributed by atoms with E-state index >= 15 is 0 Å². The van der Waals surface area contributed by atoms with E-state index in [1.54, 1.807) is 0 Å². The van der Waals surface area contributed by atoms with Crippen LogP contribution in [0.5, 0.6) is 0 Å². The highest BCUT2D eigenvalue weighted by molar-refractivity contribution is 6.11. The predicted molar refractivity (Wildman–Crippen MR) is 235 cm³/mol. The van der Waals surface area contributed by atoms with Gasteiger partial charge in [0.1, 0.15) is 6.07 Å². The summed E-state index contributed by atoms with van der Waals surface area (Å²) in [4.78, 5) is 15.2. The van der Waals surface area contributed by atoms with Crippen LogP contribution in [0.25, 0.3) is 100 Å². The van der Waals surface area contributed by atoms with Crippen LogP contribution < -0.4 is 0 Å².